The molecular formula is C9H8F2INO3. The van der Waals surface area contributed by atoms with Gasteiger partial charge in [-0.05, 0) is 28.2 Å². The van der Waals surface area contributed by atoms with E-state index in [1.807, 2.05) is 0 Å². The number of rotatable bonds is 3. The van der Waals surface area contributed by atoms with Crippen LogP contribution in [0, 0.1) is 3.57 Å². The van der Waals surface area contributed by atoms with Gasteiger partial charge < -0.3 is 9.72 Å². The first-order chi connectivity index (χ1) is 7.47. The van der Waals surface area contributed by atoms with Crippen LogP contribution in [0.3, 0.4) is 0 Å². The van der Waals surface area contributed by atoms with Crippen LogP contribution in [0.1, 0.15) is 17.6 Å². The molecule has 0 atom stereocenters. The predicted octanol–water partition coefficient (Wildman–Crippen LogP) is 1.63. The van der Waals surface area contributed by atoms with Crippen LogP contribution < -0.4 is 5.56 Å². The Morgan fingerprint density at radius 3 is 2.75 bits per heavy atom. The summed E-state index contributed by atoms with van der Waals surface area (Å²) in [4.78, 5) is 24.3. The lowest BCUT2D eigenvalue weighted by atomic mass is 10.1. The fourth-order valence-electron chi connectivity index (χ4n) is 1.12. The second kappa shape index (κ2) is 5.37. The lowest BCUT2D eigenvalue weighted by Crippen LogP contribution is -2.18. The van der Waals surface area contributed by atoms with E-state index in [0.29, 0.717) is 5.56 Å². The Kier molecular flexibility index (Phi) is 4.39. The Hall–Kier alpha value is -0.990. The molecule has 1 aromatic rings. The summed E-state index contributed by atoms with van der Waals surface area (Å²) in [5.74, 6) is -0.551. The average molecular weight is 343 g/mol. The number of hydrogen-bond donors (Lipinski definition) is 1. The van der Waals surface area contributed by atoms with Crippen molar-refractivity contribution in [2.24, 2.45) is 0 Å². The topological polar surface area (TPSA) is 59.2 Å². The molecule has 88 valence electrons. The van der Waals surface area contributed by atoms with Gasteiger partial charge in [-0.3, -0.25) is 9.59 Å². The number of pyridine rings is 1. The van der Waals surface area contributed by atoms with Crippen molar-refractivity contribution in [3.05, 3.63) is 31.2 Å². The number of aromatic nitrogens is 1. The summed E-state index contributed by atoms with van der Waals surface area (Å²) in [6, 6.07) is 0. The second-order valence-corrected chi connectivity index (χ2v) is 4.00. The van der Waals surface area contributed by atoms with E-state index in [-0.39, 0.29) is 9.99 Å². The van der Waals surface area contributed by atoms with E-state index < -0.39 is 23.5 Å². The van der Waals surface area contributed by atoms with Gasteiger partial charge in [0, 0.05) is 9.77 Å². The average Bonchev–Trinajstić information content (AvgIpc) is 2.21. The van der Waals surface area contributed by atoms with Crippen molar-refractivity contribution in [2.75, 3.05) is 7.11 Å². The number of hydrogen-bond acceptors (Lipinski definition) is 3. The Labute approximate surface area is 103 Å². The van der Waals surface area contributed by atoms with Crippen LogP contribution in [0.25, 0.3) is 0 Å². The third-order valence-corrected chi connectivity index (χ3v) is 3.20. The first-order valence-corrected chi connectivity index (χ1v) is 5.30. The number of aromatic amines is 1. The first-order valence-electron chi connectivity index (χ1n) is 4.22. The number of alkyl halides is 2. The van der Waals surface area contributed by atoms with Gasteiger partial charge in [-0.15, -0.1) is 0 Å². The lowest BCUT2D eigenvalue weighted by Gasteiger charge is -2.07. The largest absolute Gasteiger partial charge is 0.469 e. The SMILES string of the molecule is COC(=O)Cc1c[nH]c(=O)c(C(F)F)c1I. The molecule has 0 saturated heterocycles. The zero-order valence-electron chi connectivity index (χ0n) is 8.22. The Balaban J connectivity index is 3.19. The maximum absolute atomic E-state index is 12.5. The molecule has 0 spiro atoms. The number of carbonyl (C=O) groups is 1. The quantitative estimate of drug-likeness (QED) is 0.671. The predicted molar refractivity (Wildman–Crippen MR) is 60.5 cm³/mol. The number of ether oxygens (including phenoxy) is 1. The molecule has 1 aromatic heterocycles. The maximum atomic E-state index is 12.5. The van der Waals surface area contributed by atoms with Crippen LogP contribution in [0.5, 0.6) is 0 Å². The molecule has 0 aliphatic rings. The number of nitrogens with one attached hydrogen (secondary N) is 1. The minimum absolute atomic E-state index is 0.0988. The molecule has 0 bridgehead atoms. The molecule has 0 unspecified atom stereocenters. The number of halogens is 3. The molecular weight excluding hydrogens is 335 g/mol. The monoisotopic (exact) mass is 343 g/mol. The van der Waals surface area contributed by atoms with Crippen molar-refractivity contribution >= 4 is 28.6 Å². The third kappa shape index (κ3) is 2.77. The van der Waals surface area contributed by atoms with Crippen LogP contribution in [0.4, 0.5) is 8.78 Å². The standard InChI is InChI=1S/C9H8F2INO3/c1-16-5(14)2-4-3-13-9(15)6(7(4)12)8(10)11/h3,8H,2H2,1H3,(H,13,15). The highest BCUT2D eigenvalue weighted by molar-refractivity contribution is 14.1. The Bertz CT molecular complexity index is 459. The van der Waals surface area contributed by atoms with Crippen LogP contribution in [0.15, 0.2) is 11.0 Å². The van der Waals surface area contributed by atoms with Gasteiger partial charge in [-0.25, -0.2) is 8.78 Å². The third-order valence-electron chi connectivity index (χ3n) is 1.92. The number of carbonyl (C=O) groups excluding carboxylic acids is 1. The summed E-state index contributed by atoms with van der Waals surface area (Å²) in [5.41, 5.74) is -1.13. The van der Waals surface area contributed by atoms with Crippen molar-refractivity contribution < 1.29 is 18.3 Å². The fraction of sp³-hybridized carbons (Fsp3) is 0.333. The van der Waals surface area contributed by atoms with E-state index in [2.05, 4.69) is 9.72 Å². The molecule has 0 amide bonds. The molecule has 0 aliphatic carbocycles. The highest BCUT2D eigenvalue weighted by Crippen LogP contribution is 2.23. The smallest absolute Gasteiger partial charge is 0.310 e. The fourth-order valence-corrected chi connectivity index (χ4v) is 1.94. The molecule has 7 heteroatoms. The van der Waals surface area contributed by atoms with Gasteiger partial charge in [0.1, 0.15) is 0 Å². The van der Waals surface area contributed by atoms with Crippen molar-refractivity contribution in [2.45, 2.75) is 12.8 Å². The summed E-state index contributed by atoms with van der Waals surface area (Å²) in [7, 11) is 1.20. The van der Waals surface area contributed by atoms with E-state index in [1.54, 1.807) is 22.6 Å². The summed E-state index contributed by atoms with van der Waals surface area (Å²) in [5, 5.41) is 0. The normalized spacial score (nSPS) is 10.6. The van der Waals surface area contributed by atoms with Gasteiger partial charge in [0.2, 0.25) is 0 Å². The van der Waals surface area contributed by atoms with Crippen molar-refractivity contribution in [1.29, 1.82) is 0 Å². The van der Waals surface area contributed by atoms with E-state index in [0.717, 1.165) is 0 Å². The van der Waals surface area contributed by atoms with E-state index in [9.17, 15) is 18.4 Å². The zero-order chi connectivity index (χ0) is 12.3. The highest BCUT2D eigenvalue weighted by Gasteiger charge is 2.20. The Morgan fingerprint density at radius 2 is 2.25 bits per heavy atom. The molecule has 0 radical (unpaired) electrons. The summed E-state index contributed by atoms with van der Waals surface area (Å²) < 4.78 is 29.6. The van der Waals surface area contributed by atoms with Crippen LogP contribution >= 0.6 is 22.6 Å². The number of esters is 1. The molecule has 0 fully saturated rings. The van der Waals surface area contributed by atoms with Gasteiger partial charge in [0.25, 0.3) is 12.0 Å². The highest BCUT2D eigenvalue weighted by atomic mass is 127. The summed E-state index contributed by atoms with van der Waals surface area (Å²) >= 11 is 1.62. The molecule has 0 aromatic carbocycles. The Morgan fingerprint density at radius 1 is 1.62 bits per heavy atom. The van der Waals surface area contributed by atoms with Crippen molar-refractivity contribution in [3.8, 4) is 0 Å². The van der Waals surface area contributed by atoms with Gasteiger partial charge in [0.05, 0.1) is 19.1 Å². The molecule has 0 aliphatic heterocycles. The minimum Gasteiger partial charge on any atom is -0.469 e. The van der Waals surface area contributed by atoms with Crippen LogP contribution in [0.2, 0.25) is 0 Å². The molecule has 4 nitrogen and oxygen atoms in total. The first kappa shape index (κ1) is 13.1. The molecule has 16 heavy (non-hydrogen) atoms. The van der Waals surface area contributed by atoms with Crippen LogP contribution in [-0.2, 0) is 16.0 Å². The molecule has 1 heterocycles. The van der Waals surface area contributed by atoms with Crippen molar-refractivity contribution in [1.82, 2.24) is 4.98 Å². The zero-order valence-corrected chi connectivity index (χ0v) is 10.4. The van der Waals surface area contributed by atoms with Gasteiger partial charge in [-0.2, -0.15) is 0 Å². The van der Waals surface area contributed by atoms with E-state index in [1.165, 1.54) is 13.3 Å². The van der Waals surface area contributed by atoms with E-state index >= 15 is 0 Å². The summed E-state index contributed by atoms with van der Waals surface area (Å²) in [6.07, 6.45) is -1.77. The molecule has 1 N–H and O–H groups in total. The second-order valence-electron chi connectivity index (χ2n) is 2.92. The summed E-state index contributed by atoms with van der Waals surface area (Å²) in [6.45, 7) is 0. The van der Waals surface area contributed by atoms with E-state index in [4.69, 9.17) is 0 Å². The van der Waals surface area contributed by atoms with Gasteiger partial charge >= 0.3 is 5.97 Å². The van der Waals surface area contributed by atoms with Crippen molar-refractivity contribution in [3.63, 3.8) is 0 Å². The molecule has 1 rings (SSSR count). The lowest BCUT2D eigenvalue weighted by molar-refractivity contribution is -0.139. The molecule has 0 saturated carbocycles. The number of H-pyrrole nitrogens is 1. The van der Waals surface area contributed by atoms with Gasteiger partial charge in [0.15, 0.2) is 0 Å². The maximum Gasteiger partial charge on any atom is 0.310 e. The minimum atomic E-state index is -2.87. The number of methoxy groups -OCH3 is 1. The van der Waals surface area contributed by atoms with Gasteiger partial charge in [-0.1, -0.05) is 0 Å². The van der Waals surface area contributed by atoms with Crippen LogP contribution in [-0.4, -0.2) is 18.1 Å².